The molecule has 3 aliphatic rings. The van der Waals surface area contributed by atoms with E-state index in [9.17, 15) is 0 Å². The molecule has 1 aromatic carbocycles. The van der Waals surface area contributed by atoms with Crippen molar-refractivity contribution in [1.82, 2.24) is 19.9 Å². The van der Waals surface area contributed by atoms with Crippen LogP contribution in [0.5, 0.6) is 0 Å². The minimum Gasteiger partial charge on any atom is -0.352 e. The Morgan fingerprint density at radius 3 is 0.521 bits per heavy atom. The Morgan fingerprint density at radius 2 is 0.396 bits per heavy atom. The molecule has 2 aromatic heterocycles. The predicted molar refractivity (Wildman–Crippen MR) is 444 cm³/mol. The van der Waals surface area contributed by atoms with Crippen LogP contribution in [0.2, 0.25) is 0 Å². The zero-order valence-electron chi connectivity index (χ0n) is 75.1. The van der Waals surface area contributed by atoms with E-state index in [4.69, 9.17) is 18.9 Å². The maximum atomic E-state index is 5.59. The van der Waals surface area contributed by atoms with Crippen LogP contribution in [-0.2, 0) is 18.9 Å². The van der Waals surface area contributed by atoms with Gasteiger partial charge in [-0.25, -0.2) is 19.9 Å². The number of hydrogen-bond acceptors (Lipinski definition) is 8. The van der Waals surface area contributed by atoms with Crippen LogP contribution < -0.4 is 0 Å². The number of benzene rings is 1. The topological polar surface area (TPSA) is 88.5 Å². The van der Waals surface area contributed by atoms with Gasteiger partial charge in [0, 0.05) is 60.3 Å². The first-order valence-electron chi connectivity index (χ1n) is 40.9. The lowest BCUT2D eigenvalue weighted by Crippen LogP contribution is -2.37. The van der Waals surface area contributed by atoms with Gasteiger partial charge >= 0.3 is 0 Å². The highest BCUT2D eigenvalue weighted by Gasteiger charge is 2.28. The minimum absolute atomic E-state index is 0.0278. The van der Waals surface area contributed by atoms with Crippen molar-refractivity contribution in [2.45, 2.75) is 406 Å². The minimum atomic E-state index is 0.0278. The van der Waals surface area contributed by atoms with E-state index in [2.05, 4.69) is 210 Å². The molecule has 0 N–H and O–H groups in total. The SMILES string of the molecule is CC.CC.CC.CC.CC.CC.CC.CC.CC.CC.CC.CC.CC(C)C1CCC(C(C)C)CC1.CC(C)C1COC(C(C)C)OC1.CC(C)C1COC(C(C)C)OC1.CC(C)c1ccc(C(C)C)cc1.CC(C)c1cnc(C(C)C)nc1.CC(C)c1cnc(C(C)C)nc1. The number of hydrogen-bond donors (Lipinski definition) is 0. The van der Waals surface area contributed by atoms with Crippen molar-refractivity contribution in [3.8, 4) is 0 Å². The van der Waals surface area contributed by atoms with Crippen LogP contribution in [0.3, 0.4) is 0 Å². The Balaban J connectivity index is -0.0000000827. The molecule has 582 valence electrons. The lowest BCUT2D eigenvalue weighted by Gasteiger charge is -2.33. The van der Waals surface area contributed by atoms with Crippen LogP contribution in [0, 0.1) is 59.2 Å². The molecule has 0 atom stereocenters. The van der Waals surface area contributed by atoms with Gasteiger partial charge in [-0.1, -0.05) is 357 Å². The van der Waals surface area contributed by atoms with Gasteiger partial charge in [-0.2, -0.15) is 0 Å². The van der Waals surface area contributed by atoms with Crippen molar-refractivity contribution < 1.29 is 18.9 Å². The van der Waals surface area contributed by atoms with Gasteiger partial charge in [0.2, 0.25) is 0 Å². The average molecular weight is 1360 g/mol. The molecule has 2 aliphatic heterocycles. The third kappa shape index (κ3) is 67.1. The monoisotopic (exact) mass is 1360 g/mol. The van der Waals surface area contributed by atoms with Crippen LogP contribution in [-0.4, -0.2) is 58.9 Å². The molecular weight excluding hydrogens is 1180 g/mol. The van der Waals surface area contributed by atoms with Crippen molar-refractivity contribution in [1.29, 1.82) is 0 Å². The first-order valence-corrected chi connectivity index (χ1v) is 40.9. The highest BCUT2D eigenvalue weighted by atomic mass is 16.7. The van der Waals surface area contributed by atoms with E-state index < -0.39 is 0 Å². The van der Waals surface area contributed by atoms with Crippen LogP contribution >= 0.6 is 0 Å². The fraction of sp³-hybridized carbons (Fsp3) is 0.841. The van der Waals surface area contributed by atoms with Gasteiger partial charge < -0.3 is 18.9 Å². The summed E-state index contributed by atoms with van der Waals surface area (Å²) in [6.45, 7) is 104. The van der Waals surface area contributed by atoms with E-state index in [0.717, 1.165) is 61.7 Å². The molecular formula is C88H186N4O4. The maximum absolute atomic E-state index is 5.59. The number of rotatable bonds is 12. The van der Waals surface area contributed by atoms with Gasteiger partial charge in [-0.15, -0.1) is 0 Å². The second-order valence-corrected chi connectivity index (χ2v) is 25.1. The van der Waals surface area contributed by atoms with E-state index in [0.29, 0.717) is 71.0 Å². The lowest BCUT2D eigenvalue weighted by molar-refractivity contribution is -0.224. The summed E-state index contributed by atoms with van der Waals surface area (Å²) in [4.78, 5) is 17.2. The van der Waals surface area contributed by atoms with Gasteiger partial charge in [0.05, 0.1) is 26.4 Å². The molecule has 6 rings (SSSR count). The van der Waals surface area contributed by atoms with Crippen LogP contribution in [0.25, 0.3) is 0 Å². The Morgan fingerprint density at radius 1 is 0.229 bits per heavy atom. The fourth-order valence-corrected chi connectivity index (χ4v) is 8.24. The molecule has 1 aliphatic carbocycles. The summed E-state index contributed by atoms with van der Waals surface area (Å²) in [5.41, 5.74) is 5.28. The van der Waals surface area contributed by atoms with E-state index in [1.165, 1.54) is 47.9 Å². The van der Waals surface area contributed by atoms with Crippen molar-refractivity contribution >= 4 is 0 Å². The molecule has 8 heteroatoms. The number of aromatic nitrogens is 4. The summed E-state index contributed by atoms with van der Waals surface area (Å²) in [6, 6.07) is 8.94. The quantitative estimate of drug-likeness (QED) is 0.177. The Hall–Kier alpha value is -2.78. The Labute approximate surface area is 610 Å². The van der Waals surface area contributed by atoms with E-state index >= 15 is 0 Å². The largest absolute Gasteiger partial charge is 0.352 e. The molecule has 4 heterocycles. The third-order valence-corrected chi connectivity index (χ3v) is 14.6. The second-order valence-electron chi connectivity index (χ2n) is 25.1. The van der Waals surface area contributed by atoms with Crippen LogP contribution in [0.4, 0.5) is 0 Å². The van der Waals surface area contributed by atoms with Crippen LogP contribution in [0.1, 0.15) is 427 Å². The smallest absolute Gasteiger partial charge is 0.159 e. The van der Waals surface area contributed by atoms with Gasteiger partial charge in [-0.05, 0) is 107 Å². The van der Waals surface area contributed by atoms with Crippen molar-refractivity contribution in [2.24, 2.45) is 59.2 Å². The van der Waals surface area contributed by atoms with Crippen LogP contribution in [0.15, 0.2) is 49.1 Å². The van der Waals surface area contributed by atoms with E-state index in [1.54, 1.807) is 0 Å². The lowest BCUT2D eigenvalue weighted by atomic mass is 9.73. The van der Waals surface area contributed by atoms with Gasteiger partial charge in [0.1, 0.15) is 11.6 Å². The van der Waals surface area contributed by atoms with Crippen molar-refractivity contribution in [3.05, 3.63) is 83.0 Å². The summed E-state index contributed by atoms with van der Waals surface area (Å²) in [7, 11) is 0. The highest BCUT2D eigenvalue weighted by Crippen LogP contribution is 2.36. The maximum Gasteiger partial charge on any atom is 0.159 e. The first-order chi connectivity index (χ1) is 45.7. The summed E-state index contributed by atoms with van der Waals surface area (Å²) in [5.74, 6) is 12.4. The summed E-state index contributed by atoms with van der Waals surface area (Å²) >= 11 is 0. The summed E-state index contributed by atoms with van der Waals surface area (Å²) in [5, 5.41) is 0. The fourth-order valence-electron chi connectivity index (χ4n) is 8.24. The molecule has 0 radical (unpaired) electrons. The van der Waals surface area contributed by atoms with Crippen molar-refractivity contribution in [2.75, 3.05) is 26.4 Å². The molecule has 8 nitrogen and oxygen atoms in total. The molecule has 3 fully saturated rings. The molecule has 2 saturated heterocycles. The summed E-state index contributed by atoms with van der Waals surface area (Å²) < 4.78 is 22.4. The standard InChI is InChI=1S/C12H24.C12H18.2C10H16N2.2C10H20O2.12C2H6/c2*1-9(2)11-5-7-12(8-6-11)10(3)4;4*1-7(2)9-5-11-10(8(3)4)12-6-9;12*1-2/h9-12H,5-8H2,1-4H3;5-10H,1-4H3;2*5-8H,1-4H3;2*7-10H,5-6H2,1-4H3;12*1-2H3. The molecule has 96 heavy (non-hydrogen) atoms. The molecule has 0 spiro atoms. The number of ether oxygens (including phenoxy) is 4. The zero-order valence-corrected chi connectivity index (χ0v) is 75.1. The van der Waals surface area contributed by atoms with Gasteiger partial charge in [0.25, 0.3) is 0 Å². The van der Waals surface area contributed by atoms with Crippen molar-refractivity contribution in [3.63, 3.8) is 0 Å². The van der Waals surface area contributed by atoms with E-state index in [-0.39, 0.29) is 12.6 Å². The van der Waals surface area contributed by atoms with Gasteiger partial charge in [-0.3, -0.25) is 0 Å². The highest BCUT2D eigenvalue weighted by molar-refractivity contribution is 5.26. The van der Waals surface area contributed by atoms with Gasteiger partial charge in [0.15, 0.2) is 12.6 Å². The molecule has 0 unspecified atom stereocenters. The summed E-state index contributed by atoms with van der Waals surface area (Å²) in [6.07, 6.45) is 13.7. The van der Waals surface area contributed by atoms with E-state index in [1.807, 2.05) is 191 Å². The molecule has 3 aromatic rings. The molecule has 0 bridgehead atoms. The zero-order chi connectivity index (χ0) is 78.8. The second kappa shape index (κ2) is 88.3. The average Bonchev–Trinajstić information content (AvgIpc) is 2.16. The third-order valence-electron chi connectivity index (χ3n) is 14.6. The normalized spacial score (nSPS) is 16.8. The molecule has 1 saturated carbocycles. The Kier molecular flexibility index (Phi) is 111. The number of nitrogens with zero attached hydrogens (tertiary/aromatic N) is 4. The predicted octanol–water partition coefficient (Wildman–Crippen LogP) is 30.4. The first kappa shape index (κ1) is 120. The molecule has 0 amide bonds. The Bertz CT molecular complexity index is 1410.